The van der Waals surface area contributed by atoms with Crippen LogP contribution >= 0.6 is 39.9 Å². The third-order valence-electron chi connectivity index (χ3n) is 4.10. The van der Waals surface area contributed by atoms with Crippen molar-refractivity contribution >= 4 is 51.6 Å². The van der Waals surface area contributed by atoms with E-state index in [2.05, 4.69) is 44.4 Å². The molecule has 0 fully saturated rings. The van der Waals surface area contributed by atoms with E-state index in [0.717, 1.165) is 24.1 Å². The van der Waals surface area contributed by atoms with Crippen LogP contribution in [0.2, 0.25) is 0 Å². The van der Waals surface area contributed by atoms with E-state index in [1.807, 2.05) is 12.1 Å². The number of nitrogens with one attached hydrogen (secondary N) is 1. The number of nitrogens with zero attached hydrogens (tertiary/aromatic N) is 1. The predicted molar refractivity (Wildman–Crippen MR) is 113 cm³/mol. The van der Waals surface area contributed by atoms with Crippen LogP contribution < -0.4 is 11.1 Å². The summed E-state index contributed by atoms with van der Waals surface area (Å²) < 4.78 is 0.661. The molecule has 6 heteroatoms. The third kappa shape index (κ3) is 4.63. The maximum atomic E-state index is 9.51. The lowest BCUT2D eigenvalue weighted by molar-refractivity contribution is 0.471. The zero-order valence-electron chi connectivity index (χ0n) is 13.3. The maximum Gasteiger partial charge on any atom is 0.193 e. The van der Waals surface area contributed by atoms with Crippen LogP contribution in [0.3, 0.4) is 0 Å². The molecule has 0 heterocycles. The molecule has 0 bridgehead atoms. The van der Waals surface area contributed by atoms with E-state index in [0.29, 0.717) is 17.0 Å². The molecule has 128 valence electrons. The van der Waals surface area contributed by atoms with Crippen LogP contribution in [0.4, 0.5) is 5.69 Å². The first kappa shape index (κ1) is 19.1. The van der Waals surface area contributed by atoms with Gasteiger partial charge in [-0.25, -0.2) is 4.99 Å². The van der Waals surface area contributed by atoms with Crippen molar-refractivity contribution in [2.75, 3.05) is 5.32 Å². The Bertz CT molecular complexity index is 749. The van der Waals surface area contributed by atoms with Gasteiger partial charge in [-0.15, -0.1) is 24.0 Å². The number of aromatic hydroxyl groups is 1. The molecule has 0 spiro atoms. The van der Waals surface area contributed by atoms with E-state index < -0.39 is 0 Å². The second-order valence-electron chi connectivity index (χ2n) is 5.76. The molecule has 0 aromatic heterocycles. The van der Waals surface area contributed by atoms with Crippen LogP contribution in [0.1, 0.15) is 29.5 Å². The largest absolute Gasteiger partial charge is 0.507 e. The SMILES string of the molecule is I.NC(=NCc1ccc(O)c(Br)c1)Nc1cccc2c1CCCC2. The molecular formula is C18H21BrIN3O. The van der Waals surface area contributed by atoms with Gasteiger partial charge in [0.15, 0.2) is 5.96 Å². The second kappa shape index (κ2) is 8.71. The standard InChI is InChI=1S/C18H20BrN3O.HI/c19-15-10-12(8-9-17(15)23)11-21-18(20)22-16-7-3-5-13-4-1-2-6-14(13)16;/h3,5,7-10,23H,1-2,4,6,11H2,(H3,20,21,22);1H. The summed E-state index contributed by atoms with van der Waals surface area (Å²) >= 11 is 3.30. The Kier molecular flexibility index (Phi) is 6.91. The number of phenols is 1. The summed E-state index contributed by atoms with van der Waals surface area (Å²) in [6, 6.07) is 11.6. The summed E-state index contributed by atoms with van der Waals surface area (Å²) in [6.07, 6.45) is 4.72. The number of aliphatic imine (C=N–C) groups is 1. The molecule has 4 nitrogen and oxygen atoms in total. The molecule has 4 N–H and O–H groups in total. The minimum absolute atomic E-state index is 0. The van der Waals surface area contributed by atoms with E-state index in [9.17, 15) is 5.11 Å². The summed E-state index contributed by atoms with van der Waals surface area (Å²) in [6.45, 7) is 0.465. The van der Waals surface area contributed by atoms with Gasteiger partial charge in [-0.2, -0.15) is 0 Å². The lowest BCUT2D eigenvalue weighted by atomic mass is 9.90. The average Bonchev–Trinajstić information content (AvgIpc) is 2.56. The Hall–Kier alpha value is -1.28. The van der Waals surface area contributed by atoms with Crippen LogP contribution in [-0.4, -0.2) is 11.1 Å². The first-order valence-corrected chi connectivity index (χ1v) is 8.58. The number of aryl methyl sites for hydroxylation is 1. The van der Waals surface area contributed by atoms with Gasteiger partial charge in [0.25, 0.3) is 0 Å². The zero-order chi connectivity index (χ0) is 16.2. The van der Waals surface area contributed by atoms with Gasteiger partial charge < -0.3 is 16.2 Å². The number of anilines is 1. The molecule has 2 aromatic carbocycles. The van der Waals surface area contributed by atoms with Crippen LogP contribution in [0.25, 0.3) is 0 Å². The number of halogens is 2. The van der Waals surface area contributed by atoms with Crippen LogP contribution in [0.5, 0.6) is 5.75 Å². The number of guanidine groups is 1. The normalized spacial score (nSPS) is 13.8. The molecule has 1 aliphatic rings. The Morgan fingerprint density at radius 1 is 1.21 bits per heavy atom. The van der Waals surface area contributed by atoms with Gasteiger partial charge >= 0.3 is 0 Å². The molecular weight excluding hydrogens is 481 g/mol. The first-order chi connectivity index (χ1) is 11.1. The van der Waals surface area contributed by atoms with Crippen molar-refractivity contribution in [3.63, 3.8) is 0 Å². The minimum atomic E-state index is 0. The molecule has 3 rings (SSSR count). The highest BCUT2D eigenvalue weighted by atomic mass is 127. The molecule has 0 atom stereocenters. The summed E-state index contributed by atoms with van der Waals surface area (Å²) in [5, 5.41) is 12.7. The van der Waals surface area contributed by atoms with E-state index in [1.54, 1.807) is 6.07 Å². The molecule has 0 amide bonds. The van der Waals surface area contributed by atoms with E-state index in [4.69, 9.17) is 5.73 Å². The zero-order valence-corrected chi connectivity index (χ0v) is 17.2. The Labute approximate surface area is 167 Å². The average molecular weight is 502 g/mol. The molecule has 0 saturated carbocycles. The van der Waals surface area contributed by atoms with Crippen molar-refractivity contribution in [1.29, 1.82) is 0 Å². The van der Waals surface area contributed by atoms with Crippen molar-refractivity contribution in [1.82, 2.24) is 0 Å². The number of benzene rings is 2. The summed E-state index contributed by atoms with van der Waals surface area (Å²) in [4.78, 5) is 4.39. The number of phenolic OH excluding ortho intramolecular Hbond substituents is 1. The Balaban J connectivity index is 0.00000208. The van der Waals surface area contributed by atoms with Gasteiger partial charge in [-0.05, 0) is 76.5 Å². The second-order valence-corrected chi connectivity index (χ2v) is 6.62. The van der Waals surface area contributed by atoms with Gasteiger partial charge in [0.05, 0.1) is 11.0 Å². The maximum absolute atomic E-state index is 9.51. The van der Waals surface area contributed by atoms with Crippen molar-refractivity contribution < 1.29 is 5.11 Å². The van der Waals surface area contributed by atoms with Crippen molar-refractivity contribution in [3.05, 3.63) is 57.6 Å². The number of fused-ring (bicyclic) bond motifs is 1. The van der Waals surface area contributed by atoms with Crippen LogP contribution in [0.15, 0.2) is 45.9 Å². The Morgan fingerprint density at radius 2 is 2.00 bits per heavy atom. The molecule has 0 aliphatic heterocycles. The van der Waals surface area contributed by atoms with E-state index in [1.165, 1.54) is 24.0 Å². The van der Waals surface area contributed by atoms with Gasteiger partial charge in [0, 0.05) is 5.69 Å². The summed E-state index contributed by atoms with van der Waals surface area (Å²) in [7, 11) is 0. The van der Waals surface area contributed by atoms with E-state index >= 15 is 0 Å². The highest BCUT2D eigenvalue weighted by molar-refractivity contribution is 14.0. The highest BCUT2D eigenvalue weighted by Crippen LogP contribution is 2.28. The Morgan fingerprint density at radius 3 is 2.79 bits per heavy atom. The fourth-order valence-corrected chi connectivity index (χ4v) is 3.33. The lowest BCUT2D eigenvalue weighted by Gasteiger charge is -2.19. The summed E-state index contributed by atoms with van der Waals surface area (Å²) in [5.74, 6) is 0.632. The number of rotatable bonds is 3. The monoisotopic (exact) mass is 501 g/mol. The summed E-state index contributed by atoms with van der Waals surface area (Å²) in [5.41, 5.74) is 10.9. The number of nitrogens with two attached hydrogens (primary N) is 1. The molecule has 0 unspecified atom stereocenters. The third-order valence-corrected chi connectivity index (χ3v) is 4.74. The minimum Gasteiger partial charge on any atom is -0.507 e. The smallest absolute Gasteiger partial charge is 0.193 e. The van der Waals surface area contributed by atoms with Gasteiger partial charge in [0.1, 0.15) is 5.75 Å². The fourth-order valence-electron chi connectivity index (χ4n) is 2.90. The highest BCUT2D eigenvalue weighted by Gasteiger charge is 2.13. The van der Waals surface area contributed by atoms with Crippen molar-refractivity contribution in [2.45, 2.75) is 32.2 Å². The number of hydrogen-bond donors (Lipinski definition) is 3. The van der Waals surface area contributed by atoms with Gasteiger partial charge in [-0.3, -0.25) is 0 Å². The molecule has 24 heavy (non-hydrogen) atoms. The van der Waals surface area contributed by atoms with Crippen molar-refractivity contribution in [2.24, 2.45) is 10.7 Å². The molecule has 0 radical (unpaired) electrons. The fraction of sp³-hybridized carbons (Fsp3) is 0.278. The van der Waals surface area contributed by atoms with Gasteiger partial charge in [0.2, 0.25) is 0 Å². The van der Waals surface area contributed by atoms with Crippen molar-refractivity contribution in [3.8, 4) is 5.75 Å². The van der Waals surface area contributed by atoms with Crippen LogP contribution in [-0.2, 0) is 19.4 Å². The predicted octanol–water partition coefficient (Wildman–Crippen LogP) is 4.58. The topological polar surface area (TPSA) is 70.6 Å². The van der Waals surface area contributed by atoms with Gasteiger partial charge in [-0.1, -0.05) is 18.2 Å². The quantitative estimate of drug-likeness (QED) is 0.327. The van der Waals surface area contributed by atoms with E-state index in [-0.39, 0.29) is 29.7 Å². The molecule has 2 aromatic rings. The van der Waals surface area contributed by atoms with Crippen LogP contribution in [0, 0.1) is 0 Å². The first-order valence-electron chi connectivity index (χ1n) is 7.78. The molecule has 1 aliphatic carbocycles. The molecule has 0 saturated heterocycles. The number of hydrogen-bond acceptors (Lipinski definition) is 2. The lowest BCUT2D eigenvalue weighted by Crippen LogP contribution is -2.24.